The van der Waals surface area contributed by atoms with Crippen LogP contribution < -0.4 is 16.4 Å². The lowest BCUT2D eigenvalue weighted by Gasteiger charge is -2.05. The van der Waals surface area contributed by atoms with Crippen molar-refractivity contribution in [2.45, 2.75) is 6.54 Å². The Morgan fingerprint density at radius 2 is 2.04 bits per heavy atom. The van der Waals surface area contributed by atoms with Gasteiger partial charge in [0.05, 0.1) is 17.8 Å². The standard InChI is InChI=1S/C19H16N4O3S/c1-23-15-8-7-12(9-16(15)26-19(23)25)14-11-27-17(22-14)10-20-18(24)21-13-5-3-2-4-6-13/h2-9,11H,10H2,1H3,(H2,20,21,24). The molecule has 2 aromatic carbocycles. The fourth-order valence-corrected chi connectivity index (χ4v) is 3.41. The highest BCUT2D eigenvalue weighted by molar-refractivity contribution is 7.09. The Balaban J connectivity index is 1.44. The van der Waals surface area contributed by atoms with Gasteiger partial charge in [-0.3, -0.25) is 4.57 Å². The van der Waals surface area contributed by atoms with Crippen LogP contribution in [0.5, 0.6) is 0 Å². The zero-order valence-electron chi connectivity index (χ0n) is 14.4. The van der Waals surface area contributed by atoms with Crippen molar-refractivity contribution < 1.29 is 9.21 Å². The highest BCUT2D eigenvalue weighted by atomic mass is 32.1. The van der Waals surface area contributed by atoms with Gasteiger partial charge in [-0.2, -0.15) is 0 Å². The predicted molar refractivity (Wildman–Crippen MR) is 105 cm³/mol. The Bertz CT molecular complexity index is 1160. The van der Waals surface area contributed by atoms with Gasteiger partial charge in [-0.25, -0.2) is 14.6 Å². The number of aromatic nitrogens is 2. The van der Waals surface area contributed by atoms with Crippen LogP contribution in [0.25, 0.3) is 22.4 Å². The molecule has 7 nitrogen and oxygen atoms in total. The van der Waals surface area contributed by atoms with Crippen LogP contribution in [-0.4, -0.2) is 15.6 Å². The van der Waals surface area contributed by atoms with Crippen LogP contribution in [0.15, 0.2) is 63.1 Å². The molecular formula is C19H16N4O3S. The zero-order valence-corrected chi connectivity index (χ0v) is 15.2. The van der Waals surface area contributed by atoms with Crippen LogP contribution in [0.1, 0.15) is 5.01 Å². The van der Waals surface area contributed by atoms with E-state index in [-0.39, 0.29) is 6.03 Å². The van der Waals surface area contributed by atoms with E-state index in [1.807, 2.05) is 47.8 Å². The first-order chi connectivity index (χ1) is 13.1. The lowest BCUT2D eigenvalue weighted by Crippen LogP contribution is -2.28. The Labute approximate surface area is 158 Å². The molecule has 4 aromatic rings. The predicted octanol–water partition coefficient (Wildman–Crippen LogP) is 3.58. The normalized spacial score (nSPS) is 10.9. The molecule has 0 radical (unpaired) electrons. The number of aryl methyl sites for hydroxylation is 1. The minimum atomic E-state index is -0.394. The molecule has 8 heteroatoms. The van der Waals surface area contributed by atoms with Gasteiger partial charge >= 0.3 is 11.8 Å². The third-order valence-electron chi connectivity index (χ3n) is 4.07. The Kier molecular flexibility index (Phi) is 4.47. The SMILES string of the molecule is Cn1c(=O)oc2cc(-c3csc(CNC(=O)Nc4ccccc4)n3)ccc21. The number of carbonyl (C=O) groups excluding carboxylic acids is 1. The maximum absolute atomic E-state index is 12.0. The minimum absolute atomic E-state index is 0.287. The summed E-state index contributed by atoms with van der Waals surface area (Å²) in [6.07, 6.45) is 0. The average molecular weight is 380 g/mol. The van der Waals surface area contributed by atoms with Crippen LogP contribution in [-0.2, 0) is 13.6 Å². The smallest absolute Gasteiger partial charge is 0.408 e. The van der Waals surface area contributed by atoms with E-state index in [0.29, 0.717) is 12.1 Å². The van der Waals surface area contributed by atoms with E-state index in [1.54, 1.807) is 13.1 Å². The number of para-hydroxylation sites is 1. The second kappa shape index (κ2) is 7.08. The number of amides is 2. The molecule has 0 aliphatic heterocycles. The number of benzene rings is 2. The summed E-state index contributed by atoms with van der Waals surface area (Å²) in [5.74, 6) is -0.394. The van der Waals surface area contributed by atoms with Crippen LogP contribution in [0.2, 0.25) is 0 Å². The minimum Gasteiger partial charge on any atom is -0.408 e. The summed E-state index contributed by atoms with van der Waals surface area (Å²) in [5, 5.41) is 8.24. The van der Waals surface area contributed by atoms with Crippen molar-refractivity contribution in [3.63, 3.8) is 0 Å². The fraction of sp³-hybridized carbons (Fsp3) is 0.105. The molecule has 136 valence electrons. The number of nitrogens with zero attached hydrogens (tertiary/aromatic N) is 2. The number of urea groups is 1. The molecule has 0 spiro atoms. The number of carbonyl (C=O) groups is 1. The molecule has 0 unspecified atom stereocenters. The van der Waals surface area contributed by atoms with E-state index in [4.69, 9.17) is 4.42 Å². The average Bonchev–Trinajstić information content (AvgIpc) is 3.26. The van der Waals surface area contributed by atoms with Crippen molar-refractivity contribution >= 4 is 34.2 Å². The van der Waals surface area contributed by atoms with E-state index in [2.05, 4.69) is 15.6 Å². The molecule has 0 fully saturated rings. The lowest BCUT2D eigenvalue weighted by atomic mass is 10.1. The molecule has 0 aliphatic carbocycles. The van der Waals surface area contributed by atoms with Crippen LogP contribution >= 0.6 is 11.3 Å². The molecule has 0 atom stereocenters. The fourth-order valence-electron chi connectivity index (χ4n) is 2.67. The summed E-state index contributed by atoms with van der Waals surface area (Å²) in [6.45, 7) is 0.325. The first kappa shape index (κ1) is 17.0. The Morgan fingerprint density at radius 1 is 1.22 bits per heavy atom. The molecule has 2 aromatic heterocycles. The Morgan fingerprint density at radius 3 is 2.85 bits per heavy atom. The quantitative estimate of drug-likeness (QED) is 0.566. The number of anilines is 1. The number of rotatable bonds is 4. The molecule has 27 heavy (non-hydrogen) atoms. The van der Waals surface area contributed by atoms with Gasteiger partial charge in [0.2, 0.25) is 0 Å². The van der Waals surface area contributed by atoms with Crippen LogP contribution in [0, 0.1) is 0 Å². The molecule has 2 N–H and O–H groups in total. The summed E-state index contributed by atoms with van der Waals surface area (Å²) >= 11 is 1.46. The summed E-state index contributed by atoms with van der Waals surface area (Å²) < 4.78 is 6.68. The van der Waals surface area contributed by atoms with E-state index in [0.717, 1.165) is 27.5 Å². The van der Waals surface area contributed by atoms with Crippen molar-refractivity contribution in [1.29, 1.82) is 0 Å². The number of hydrogen-bond acceptors (Lipinski definition) is 5. The zero-order chi connectivity index (χ0) is 18.8. The molecule has 0 saturated heterocycles. The monoisotopic (exact) mass is 380 g/mol. The third kappa shape index (κ3) is 3.61. The Hall–Kier alpha value is -3.39. The molecule has 0 saturated carbocycles. The number of fused-ring (bicyclic) bond motifs is 1. The molecule has 4 rings (SSSR count). The van der Waals surface area contributed by atoms with Crippen molar-refractivity contribution in [3.05, 3.63) is 69.5 Å². The van der Waals surface area contributed by atoms with Crippen molar-refractivity contribution in [1.82, 2.24) is 14.9 Å². The van der Waals surface area contributed by atoms with Gasteiger partial charge in [-0.15, -0.1) is 11.3 Å². The van der Waals surface area contributed by atoms with E-state index in [9.17, 15) is 9.59 Å². The van der Waals surface area contributed by atoms with E-state index in [1.165, 1.54) is 15.9 Å². The molecule has 2 amide bonds. The van der Waals surface area contributed by atoms with Gasteiger partial charge in [0.1, 0.15) is 5.01 Å². The summed E-state index contributed by atoms with van der Waals surface area (Å²) in [6, 6.07) is 14.5. The highest BCUT2D eigenvalue weighted by Gasteiger charge is 2.10. The first-order valence-corrected chi connectivity index (χ1v) is 9.12. The number of hydrogen-bond donors (Lipinski definition) is 2. The van der Waals surface area contributed by atoms with Gasteiger partial charge in [0, 0.05) is 23.7 Å². The number of thiazole rings is 1. The van der Waals surface area contributed by atoms with Crippen molar-refractivity contribution in [3.8, 4) is 11.3 Å². The first-order valence-electron chi connectivity index (χ1n) is 8.24. The molecule has 0 bridgehead atoms. The number of oxazole rings is 1. The van der Waals surface area contributed by atoms with E-state index >= 15 is 0 Å². The lowest BCUT2D eigenvalue weighted by molar-refractivity contribution is 0.251. The molecule has 2 heterocycles. The second-order valence-corrected chi connectivity index (χ2v) is 6.85. The highest BCUT2D eigenvalue weighted by Crippen LogP contribution is 2.25. The van der Waals surface area contributed by atoms with Gasteiger partial charge in [-0.05, 0) is 24.3 Å². The second-order valence-electron chi connectivity index (χ2n) is 5.91. The van der Waals surface area contributed by atoms with Gasteiger partial charge in [0.15, 0.2) is 5.58 Å². The molecule has 0 aliphatic rings. The van der Waals surface area contributed by atoms with Crippen molar-refractivity contribution in [2.75, 3.05) is 5.32 Å². The summed E-state index contributed by atoms with van der Waals surface area (Å²) in [4.78, 5) is 28.1. The summed E-state index contributed by atoms with van der Waals surface area (Å²) in [7, 11) is 1.67. The largest absolute Gasteiger partial charge is 0.419 e. The maximum Gasteiger partial charge on any atom is 0.419 e. The number of nitrogens with one attached hydrogen (secondary N) is 2. The third-order valence-corrected chi connectivity index (χ3v) is 4.92. The van der Waals surface area contributed by atoms with Gasteiger partial charge in [-0.1, -0.05) is 24.3 Å². The topological polar surface area (TPSA) is 89.2 Å². The van der Waals surface area contributed by atoms with Gasteiger partial charge < -0.3 is 15.1 Å². The van der Waals surface area contributed by atoms with Gasteiger partial charge in [0.25, 0.3) is 0 Å². The molecular weight excluding hydrogens is 364 g/mol. The summed E-state index contributed by atoms with van der Waals surface area (Å²) in [5.41, 5.74) is 3.61. The maximum atomic E-state index is 12.0. The van der Waals surface area contributed by atoms with E-state index < -0.39 is 5.76 Å². The van der Waals surface area contributed by atoms with Crippen LogP contribution in [0.3, 0.4) is 0 Å². The van der Waals surface area contributed by atoms with Crippen LogP contribution in [0.4, 0.5) is 10.5 Å². The van der Waals surface area contributed by atoms with Crippen molar-refractivity contribution in [2.24, 2.45) is 7.05 Å².